The Morgan fingerprint density at radius 1 is 1.32 bits per heavy atom. The largest absolute Gasteiger partial charge is 0.325 e. The fourth-order valence-corrected chi connectivity index (χ4v) is 6.06. The average Bonchev–Trinajstić information content (AvgIpc) is 3.14. The van der Waals surface area contributed by atoms with Gasteiger partial charge in [0.2, 0.25) is 5.91 Å². The lowest BCUT2D eigenvalue weighted by molar-refractivity contribution is -0.115. The van der Waals surface area contributed by atoms with Crippen LogP contribution in [0.3, 0.4) is 0 Å². The number of aromatic nitrogens is 3. The van der Waals surface area contributed by atoms with E-state index in [-0.39, 0.29) is 28.6 Å². The number of amides is 1. The number of carbonyl (C=O) groups is 1. The van der Waals surface area contributed by atoms with Gasteiger partial charge in [0.15, 0.2) is 15.0 Å². The average molecular weight is 423 g/mol. The fraction of sp³-hybridized carbons (Fsp3) is 0.526. The molecule has 0 aliphatic carbocycles. The topological polar surface area (TPSA) is 94.0 Å². The molecule has 1 amide bonds. The van der Waals surface area contributed by atoms with Gasteiger partial charge in [-0.3, -0.25) is 4.79 Å². The molecule has 1 saturated heterocycles. The van der Waals surface area contributed by atoms with Crippen LogP contribution in [0.25, 0.3) is 0 Å². The summed E-state index contributed by atoms with van der Waals surface area (Å²) in [6.07, 6.45) is 1.26. The molecule has 1 fully saturated rings. The molecule has 0 radical (unpaired) electrons. The second-order valence-electron chi connectivity index (χ2n) is 7.45. The molecule has 1 aromatic heterocycles. The number of anilines is 1. The highest BCUT2D eigenvalue weighted by molar-refractivity contribution is 8.00. The highest BCUT2D eigenvalue weighted by atomic mass is 32.2. The van der Waals surface area contributed by atoms with Crippen LogP contribution in [0.1, 0.15) is 30.3 Å². The van der Waals surface area contributed by atoms with Gasteiger partial charge in [-0.25, -0.2) is 8.42 Å². The summed E-state index contributed by atoms with van der Waals surface area (Å²) in [5.74, 6) is 1.24. The zero-order valence-electron chi connectivity index (χ0n) is 16.6. The smallest absolute Gasteiger partial charge is 0.237 e. The molecule has 1 aliphatic heterocycles. The molecule has 2 heterocycles. The van der Waals surface area contributed by atoms with Crippen molar-refractivity contribution >= 4 is 33.2 Å². The van der Waals surface area contributed by atoms with E-state index in [4.69, 9.17) is 0 Å². The minimum absolute atomic E-state index is 0.0890. The van der Waals surface area contributed by atoms with Crippen molar-refractivity contribution in [2.45, 2.75) is 44.0 Å². The molecule has 3 rings (SSSR count). The van der Waals surface area contributed by atoms with E-state index in [2.05, 4.69) is 15.5 Å². The number of carbonyl (C=O) groups excluding carboxylic acids is 1. The van der Waals surface area contributed by atoms with E-state index in [1.807, 2.05) is 50.6 Å². The number of benzene rings is 1. The number of thioether (sulfide) groups is 1. The van der Waals surface area contributed by atoms with E-state index < -0.39 is 9.84 Å². The van der Waals surface area contributed by atoms with Gasteiger partial charge < -0.3 is 9.88 Å². The molecule has 1 aromatic carbocycles. The number of sulfone groups is 1. The Morgan fingerprint density at radius 2 is 2.00 bits per heavy atom. The number of aryl methyl sites for hydroxylation is 2. The molecule has 28 heavy (non-hydrogen) atoms. The Hall–Kier alpha value is -1.87. The van der Waals surface area contributed by atoms with Crippen LogP contribution in [0.5, 0.6) is 0 Å². The number of nitrogens with zero attached hydrogens (tertiary/aromatic N) is 3. The van der Waals surface area contributed by atoms with Crippen molar-refractivity contribution in [1.29, 1.82) is 0 Å². The van der Waals surface area contributed by atoms with E-state index >= 15 is 0 Å². The zero-order valence-corrected chi connectivity index (χ0v) is 18.2. The van der Waals surface area contributed by atoms with E-state index in [0.717, 1.165) is 22.6 Å². The summed E-state index contributed by atoms with van der Waals surface area (Å²) in [6, 6.07) is 5.91. The fourth-order valence-electron chi connectivity index (χ4n) is 3.36. The van der Waals surface area contributed by atoms with E-state index in [0.29, 0.717) is 18.0 Å². The van der Waals surface area contributed by atoms with Gasteiger partial charge in [0, 0.05) is 19.2 Å². The first-order chi connectivity index (χ1) is 13.2. The number of para-hydroxylation sites is 1. The van der Waals surface area contributed by atoms with Gasteiger partial charge in [-0.2, -0.15) is 0 Å². The summed E-state index contributed by atoms with van der Waals surface area (Å²) in [5, 5.41) is 11.7. The maximum Gasteiger partial charge on any atom is 0.237 e. The van der Waals surface area contributed by atoms with Crippen LogP contribution in [-0.2, 0) is 28.1 Å². The van der Waals surface area contributed by atoms with Crippen LogP contribution in [0.4, 0.5) is 5.69 Å². The number of nitrogens with one attached hydrogen (secondary N) is 1. The van der Waals surface area contributed by atoms with Crippen molar-refractivity contribution in [3.8, 4) is 0 Å². The minimum atomic E-state index is -2.90. The third-order valence-electron chi connectivity index (χ3n) is 5.10. The summed E-state index contributed by atoms with van der Waals surface area (Å²) < 4.78 is 25.2. The quantitative estimate of drug-likeness (QED) is 0.719. The third kappa shape index (κ3) is 4.75. The molecule has 1 N–H and O–H groups in total. The van der Waals surface area contributed by atoms with Gasteiger partial charge in [-0.1, -0.05) is 30.0 Å². The van der Waals surface area contributed by atoms with Crippen molar-refractivity contribution in [1.82, 2.24) is 14.8 Å². The predicted molar refractivity (Wildman–Crippen MR) is 111 cm³/mol. The normalized spacial score (nSPS) is 19.5. The highest BCUT2D eigenvalue weighted by Crippen LogP contribution is 2.27. The molecule has 2 atom stereocenters. The van der Waals surface area contributed by atoms with Crippen LogP contribution in [-0.4, -0.2) is 45.8 Å². The third-order valence-corrected chi connectivity index (χ3v) is 8.07. The Kier molecular flexibility index (Phi) is 6.14. The van der Waals surface area contributed by atoms with Crippen molar-refractivity contribution in [3.05, 3.63) is 35.2 Å². The van der Waals surface area contributed by atoms with Crippen LogP contribution in [0.2, 0.25) is 0 Å². The minimum Gasteiger partial charge on any atom is -0.325 e. The molecule has 0 spiro atoms. The first-order valence-corrected chi connectivity index (χ1v) is 12.0. The molecule has 152 valence electrons. The standard InChI is InChI=1S/C19H26N4O3S2/c1-12-6-5-7-13(2)17(12)20-18(24)14(3)27-19-22-21-16(23(19)4)10-15-8-9-28(25,26)11-15/h5-7,14-15H,8-11H2,1-4H3,(H,20,24)/t14-,15+/m1/s1. The molecule has 1 aliphatic rings. The second kappa shape index (κ2) is 8.24. The molecule has 0 unspecified atom stereocenters. The van der Waals surface area contributed by atoms with Crippen molar-refractivity contribution in [2.75, 3.05) is 16.8 Å². The van der Waals surface area contributed by atoms with Gasteiger partial charge in [0.1, 0.15) is 5.82 Å². The molecule has 7 nitrogen and oxygen atoms in total. The lowest BCUT2D eigenvalue weighted by atomic mass is 10.1. The molecule has 0 bridgehead atoms. The van der Waals surface area contributed by atoms with Gasteiger partial charge in [-0.05, 0) is 44.2 Å². The first-order valence-electron chi connectivity index (χ1n) is 9.28. The van der Waals surface area contributed by atoms with E-state index in [1.165, 1.54) is 11.8 Å². The van der Waals surface area contributed by atoms with Crippen molar-refractivity contribution < 1.29 is 13.2 Å². The summed E-state index contributed by atoms with van der Waals surface area (Å²) in [4.78, 5) is 12.6. The molecular formula is C19H26N4O3S2. The van der Waals surface area contributed by atoms with Gasteiger partial charge >= 0.3 is 0 Å². The maximum atomic E-state index is 12.6. The summed E-state index contributed by atoms with van der Waals surface area (Å²) >= 11 is 1.35. The van der Waals surface area contributed by atoms with Crippen molar-refractivity contribution in [2.24, 2.45) is 13.0 Å². The summed E-state index contributed by atoms with van der Waals surface area (Å²) in [6.45, 7) is 5.78. The lowest BCUT2D eigenvalue weighted by Gasteiger charge is -2.15. The van der Waals surface area contributed by atoms with E-state index in [9.17, 15) is 13.2 Å². The highest BCUT2D eigenvalue weighted by Gasteiger charge is 2.29. The van der Waals surface area contributed by atoms with E-state index in [1.54, 1.807) is 0 Å². The van der Waals surface area contributed by atoms with Crippen LogP contribution >= 0.6 is 11.8 Å². The molecule has 2 aromatic rings. The van der Waals surface area contributed by atoms with Gasteiger partial charge in [-0.15, -0.1) is 10.2 Å². The summed E-state index contributed by atoms with van der Waals surface area (Å²) in [5.41, 5.74) is 2.90. The summed E-state index contributed by atoms with van der Waals surface area (Å²) in [7, 11) is -1.05. The van der Waals surface area contributed by atoms with Gasteiger partial charge in [0.25, 0.3) is 0 Å². The molecular weight excluding hydrogens is 396 g/mol. The van der Waals surface area contributed by atoms with Crippen molar-refractivity contribution in [3.63, 3.8) is 0 Å². The Labute approximate surface area is 170 Å². The number of hydrogen-bond acceptors (Lipinski definition) is 6. The predicted octanol–water partition coefficient (Wildman–Crippen LogP) is 2.53. The Balaban J connectivity index is 1.63. The zero-order chi connectivity index (χ0) is 20.5. The number of rotatable bonds is 6. The number of hydrogen-bond donors (Lipinski definition) is 1. The Bertz CT molecular complexity index is 965. The maximum absolute atomic E-state index is 12.6. The molecule has 0 saturated carbocycles. The molecule has 9 heteroatoms. The monoisotopic (exact) mass is 422 g/mol. The lowest BCUT2D eigenvalue weighted by Crippen LogP contribution is -2.23. The second-order valence-corrected chi connectivity index (χ2v) is 11.0. The Morgan fingerprint density at radius 3 is 2.61 bits per heavy atom. The first kappa shape index (κ1) is 20.9. The van der Waals surface area contributed by atoms with Crippen LogP contribution < -0.4 is 5.32 Å². The SMILES string of the molecule is Cc1cccc(C)c1NC(=O)[C@@H](C)Sc1nnc(C[C@@H]2CCS(=O)(=O)C2)n1C. The van der Waals surface area contributed by atoms with Crippen LogP contribution in [0, 0.1) is 19.8 Å². The van der Waals surface area contributed by atoms with Gasteiger partial charge in [0.05, 0.1) is 16.8 Å². The van der Waals surface area contributed by atoms with Crippen LogP contribution in [0.15, 0.2) is 23.4 Å².